The van der Waals surface area contributed by atoms with E-state index in [-0.39, 0.29) is 21.5 Å². The Morgan fingerprint density at radius 1 is 1.14 bits per heavy atom. The highest BCUT2D eigenvalue weighted by atomic mass is 35.5. The van der Waals surface area contributed by atoms with Crippen molar-refractivity contribution in [3.63, 3.8) is 0 Å². The number of rotatable bonds is 6. The molecule has 7 nitrogen and oxygen atoms in total. The fourth-order valence-electron chi connectivity index (χ4n) is 2.74. The van der Waals surface area contributed by atoms with Crippen LogP contribution >= 0.6 is 11.6 Å². The summed E-state index contributed by atoms with van der Waals surface area (Å²) >= 11 is 6.03. The van der Waals surface area contributed by atoms with Gasteiger partial charge >= 0.3 is 0 Å². The van der Waals surface area contributed by atoms with Gasteiger partial charge in [-0.05, 0) is 37.3 Å². The maximum absolute atomic E-state index is 12.7. The van der Waals surface area contributed by atoms with Crippen molar-refractivity contribution >= 4 is 38.9 Å². The van der Waals surface area contributed by atoms with Crippen LogP contribution in [0.3, 0.4) is 0 Å². The molecule has 0 saturated heterocycles. The Balaban J connectivity index is 1.86. The summed E-state index contributed by atoms with van der Waals surface area (Å²) in [7, 11) is -3.89. The minimum absolute atomic E-state index is 0.0126. The quantitative estimate of drug-likeness (QED) is 0.580. The summed E-state index contributed by atoms with van der Waals surface area (Å²) in [6.45, 7) is 5.47. The third-order valence-corrected chi connectivity index (χ3v) is 5.85. The van der Waals surface area contributed by atoms with Crippen LogP contribution in [0.1, 0.15) is 41.6 Å². The number of benzene rings is 2. The number of nitrogens with one attached hydrogen (secondary N) is 2. The molecule has 9 heteroatoms. The molecule has 0 fully saturated rings. The second kappa shape index (κ2) is 8.26. The fourth-order valence-corrected chi connectivity index (χ4v) is 4.10. The lowest BCUT2D eigenvalue weighted by atomic mass is 10.0. The Hall–Kier alpha value is -2.84. The van der Waals surface area contributed by atoms with Gasteiger partial charge in [-0.3, -0.25) is 9.52 Å². The van der Waals surface area contributed by atoms with E-state index in [0.717, 1.165) is 0 Å². The van der Waals surface area contributed by atoms with E-state index in [0.29, 0.717) is 22.7 Å². The number of amides is 1. The maximum Gasteiger partial charge on any atom is 0.262 e. The minimum atomic E-state index is -3.89. The molecule has 1 heterocycles. The summed E-state index contributed by atoms with van der Waals surface area (Å²) in [5, 5.41) is 6.85. The van der Waals surface area contributed by atoms with Crippen LogP contribution in [0.15, 0.2) is 57.9 Å². The second-order valence-corrected chi connectivity index (χ2v) is 8.82. The van der Waals surface area contributed by atoms with Crippen molar-refractivity contribution in [3.8, 4) is 0 Å². The van der Waals surface area contributed by atoms with Crippen molar-refractivity contribution in [3.05, 3.63) is 70.6 Å². The van der Waals surface area contributed by atoms with Gasteiger partial charge in [0.2, 0.25) is 0 Å². The molecule has 3 aromatic rings. The molecule has 0 aliphatic rings. The number of hydrogen-bond acceptors (Lipinski definition) is 5. The van der Waals surface area contributed by atoms with Gasteiger partial charge in [0.25, 0.3) is 15.9 Å². The third kappa shape index (κ3) is 4.60. The molecule has 29 heavy (non-hydrogen) atoms. The lowest BCUT2D eigenvalue weighted by molar-refractivity contribution is 0.102. The van der Waals surface area contributed by atoms with E-state index in [2.05, 4.69) is 15.2 Å². The molecule has 0 atom stereocenters. The molecular formula is C20H20ClN3O4S. The first-order valence-electron chi connectivity index (χ1n) is 8.84. The maximum atomic E-state index is 12.7. The molecule has 0 radical (unpaired) electrons. The number of sulfonamides is 1. The molecule has 0 aliphatic carbocycles. The largest absolute Gasteiger partial charge is 0.360 e. The fraction of sp³-hybridized carbons (Fsp3) is 0.200. The molecule has 0 saturated carbocycles. The van der Waals surface area contributed by atoms with E-state index in [1.54, 1.807) is 43.3 Å². The van der Waals surface area contributed by atoms with Crippen molar-refractivity contribution in [1.82, 2.24) is 5.16 Å². The van der Waals surface area contributed by atoms with E-state index in [1.165, 1.54) is 12.1 Å². The summed E-state index contributed by atoms with van der Waals surface area (Å²) < 4.78 is 33.1. The molecule has 0 spiro atoms. The standard InChI is InChI=1S/C20H20ClN3O4S/c1-12(2)19-18(13(3)23-28-19)20(25)22-14-7-6-8-15(11-14)29(26,27)24-17-10-5-4-9-16(17)21/h4-12,24H,1-3H3,(H,22,25). The first-order chi connectivity index (χ1) is 13.7. The second-order valence-electron chi connectivity index (χ2n) is 6.73. The van der Waals surface area contributed by atoms with Crippen molar-refractivity contribution in [2.75, 3.05) is 10.0 Å². The van der Waals surface area contributed by atoms with Crippen LogP contribution in [0.25, 0.3) is 0 Å². The molecule has 0 unspecified atom stereocenters. The van der Waals surface area contributed by atoms with Crippen LogP contribution in [0.2, 0.25) is 5.02 Å². The summed E-state index contributed by atoms with van der Waals surface area (Å²) in [4.78, 5) is 12.7. The van der Waals surface area contributed by atoms with E-state index < -0.39 is 15.9 Å². The van der Waals surface area contributed by atoms with Gasteiger partial charge in [-0.2, -0.15) is 0 Å². The van der Waals surface area contributed by atoms with Gasteiger partial charge in [-0.25, -0.2) is 8.42 Å². The van der Waals surface area contributed by atoms with Crippen LogP contribution in [0.5, 0.6) is 0 Å². The third-order valence-electron chi connectivity index (χ3n) is 4.16. The highest BCUT2D eigenvalue weighted by Gasteiger charge is 2.23. The van der Waals surface area contributed by atoms with Gasteiger partial charge in [0.05, 0.1) is 21.3 Å². The number of hydrogen-bond donors (Lipinski definition) is 2. The Kier molecular flexibility index (Phi) is 5.95. The van der Waals surface area contributed by atoms with Gasteiger partial charge in [0.15, 0.2) is 5.76 Å². The summed E-state index contributed by atoms with van der Waals surface area (Å²) in [6.07, 6.45) is 0. The van der Waals surface area contributed by atoms with E-state index in [9.17, 15) is 13.2 Å². The Labute approximate surface area is 174 Å². The number of nitrogens with zero attached hydrogens (tertiary/aromatic N) is 1. The van der Waals surface area contributed by atoms with Crippen molar-refractivity contribution in [1.29, 1.82) is 0 Å². The molecule has 152 valence electrons. The van der Waals surface area contributed by atoms with Crippen LogP contribution in [0.4, 0.5) is 11.4 Å². The topological polar surface area (TPSA) is 101 Å². The number of halogens is 1. The first-order valence-corrected chi connectivity index (χ1v) is 10.7. The Bertz CT molecular complexity index is 1160. The van der Waals surface area contributed by atoms with Gasteiger partial charge < -0.3 is 9.84 Å². The summed E-state index contributed by atoms with van der Waals surface area (Å²) in [5.74, 6) is 0.0358. The van der Waals surface area contributed by atoms with E-state index in [4.69, 9.17) is 16.1 Å². The molecule has 2 aromatic carbocycles. The van der Waals surface area contributed by atoms with Crippen LogP contribution in [-0.2, 0) is 10.0 Å². The Morgan fingerprint density at radius 2 is 1.86 bits per heavy atom. The zero-order valence-electron chi connectivity index (χ0n) is 16.1. The van der Waals surface area contributed by atoms with Gasteiger partial charge in [-0.1, -0.05) is 48.8 Å². The number of aryl methyl sites for hydroxylation is 1. The van der Waals surface area contributed by atoms with Crippen molar-refractivity contribution in [2.45, 2.75) is 31.6 Å². The van der Waals surface area contributed by atoms with Crippen molar-refractivity contribution < 1.29 is 17.7 Å². The van der Waals surface area contributed by atoms with Crippen LogP contribution in [0, 0.1) is 6.92 Å². The zero-order chi connectivity index (χ0) is 21.2. The zero-order valence-corrected chi connectivity index (χ0v) is 17.6. The molecule has 1 amide bonds. The first kappa shape index (κ1) is 20.9. The lowest BCUT2D eigenvalue weighted by Crippen LogP contribution is -2.16. The smallest absolute Gasteiger partial charge is 0.262 e. The molecule has 1 aromatic heterocycles. The molecule has 0 bridgehead atoms. The highest BCUT2D eigenvalue weighted by Crippen LogP contribution is 2.26. The van der Waals surface area contributed by atoms with Gasteiger partial charge in [-0.15, -0.1) is 0 Å². The Morgan fingerprint density at radius 3 is 2.55 bits per heavy atom. The van der Waals surface area contributed by atoms with E-state index >= 15 is 0 Å². The number of carbonyl (C=O) groups excluding carboxylic acids is 1. The molecular weight excluding hydrogens is 414 g/mol. The predicted octanol–water partition coefficient (Wildman–Crippen LogP) is 4.81. The summed E-state index contributed by atoms with van der Waals surface area (Å²) in [6, 6.07) is 12.5. The predicted molar refractivity (Wildman–Crippen MR) is 112 cm³/mol. The lowest BCUT2D eigenvalue weighted by Gasteiger charge is -2.11. The van der Waals surface area contributed by atoms with Gasteiger partial charge in [0.1, 0.15) is 5.56 Å². The van der Waals surface area contributed by atoms with Crippen molar-refractivity contribution in [2.24, 2.45) is 0 Å². The number of para-hydroxylation sites is 1. The number of carbonyl (C=O) groups is 1. The molecule has 2 N–H and O–H groups in total. The van der Waals surface area contributed by atoms with E-state index in [1.807, 2.05) is 13.8 Å². The molecule has 3 rings (SSSR count). The number of aromatic nitrogens is 1. The SMILES string of the molecule is Cc1noc(C(C)C)c1C(=O)Nc1cccc(S(=O)(=O)Nc2ccccc2Cl)c1. The number of anilines is 2. The van der Waals surface area contributed by atoms with Crippen LogP contribution in [-0.4, -0.2) is 19.5 Å². The monoisotopic (exact) mass is 433 g/mol. The van der Waals surface area contributed by atoms with Gasteiger partial charge in [0, 0.05) is 11.6 Å². The average Bonchev–Trinajstić information content (AvgIpc) is 3.06. The van der Waals surface area contributed by atoms with Crippen LogP contribution < -0.4 is 10.0 Å². The average molecular weight is 434 g/mol. The minimum Gasteiger partial charge on any atom is -0.360 e. The normalized spacial score (nSPS) is 11.5. The highest BCUT2D eigenvalue weighted by molar-refractivity contribution is 7.92. The molecule has 0 aliphatic heterocycles. The summed E-state index contributed by atoms with van der Waals surface area (Å²) in [5.41, 5.74) is 1.41.